The number of methoxy groups -OCH3 is 1. The van der Waals surface area contributed by atoms with Crippen molar-refractivity contribution in [1.29, 1.82) is 0 Å². The summed E-state index contributed by atoms with van der Waals surface area (Å²) in [4.78, 5) is 10.5. The number of aliphatic hydroxyl groups is 1. The van der Waals surface area contributed by atoms with Crippen LogP contribution in [-0.2, 0) is 0 Å². The fourth-order valence-corrected chi connectivity index (χ4v) is 1.08. The predicted octanol–water partition coefficient (Wildman–Crippen LogP) is 1.61. The molecule has 1 rings (SSSR count). The zero-order chi connectivity index (χ0) is 11.3. The van der Waals surface area contributed by atoms with Gasteiger partial charge in [-0.25, -0.2) is 0 Å². The summed E-state index contributed by atoms with van der Waals surface area (Å²) in [5.41, 5.74) is 0.505. The van der Waals surface area contributed by atoms with Crippen molar-refractivity contribution < 1.29 is 19.4 Å². The van der Waals surface area contributed by atoms with Gasteiger partial charge in [-0.15, -0.1) is 0 Å². The van der Waals surface area contributed by atoms with E-state index in [9.17, 15) is 9.90 Å². The van der Waals surface area contributed by atoms with Crippen LogP contribution in [0.4, 0.5) is 0 Å². The Hall–Kier alpha value is -1.55. The van der Waals surface area contributed by atoms with Crippen LogP contribution in [0.3, 0.4) is 0 Å². The number of carbonyl (C=O) groups excluding carboxylic acids is 1. The van der Waals surface area contributed by atoms with Gasteiger partial charge in [0, 0.05) is 12.0 Å². The van der Waals surface area contributed by atoms with Gasteiger partial charge in [0.1, 0.15) is 6.29 Å². The van der Waals surface area contributed by atoms with E-state index >= 15 is 0 Å². The van der Waals surface area contributed by atoms with Crippen molar-refractivity contribution in [3.63, 3.8) is 0 Å². The molecule has 0 spiro atoms. The van der Waals surface area contributed by atoms with Gasteiger partial charge in [0.05, 0.1) is 7.11 Å². The molecule has 0 saturated carbocycles. The summed E-state index contributed by atoms with van der Waals surface area (Å²) >= 11 is 0. The highest BCUT2D eigenvalue weighted by Crippen LogP contribution is 2.28. The van der Waals surface area contributed by atoms with Crippen molar-refractivity contribution >= 4 is 6.29 Å². The molecule has 0 aliphatic carbocycles. The summed E-state index contributed by atoms with van der Waals surface area (Å²) in [6, 6.07) is 4.76. The van der Waals surface area contributed by atoms with Crippen molar-refractivity contribution in [1.82, 2.24) is 0 Å². The van der Waals surface area contributed by atoms with E-state index < -0.39 is 6.29 Å². The van der Waals surface area contributed by atoms with Crippen molar-refractivity contribution in [3.8, 4) is 11.5 Å². The summed E-state index contributed by atoms with van der Waals surface area (Å²) in [7, 11) is 1.48. The molecule has 15 heavy (non-hydrogen) atoms. The summed E-state index contributed by atoms with van der Waals surface area (Å²) in [5, 5.41) is 9.31. The van der Waals surface area contributed by atoms with Crippen LogP contribution in [0, 0.1) is 0 Å². The fourth-order valence-electron chi connectivity index (χ4n) is 1.08. The highest BCUT2D eigenvalue weighted by Gasteiger charge is 2.09. The van der Waals surface area contributed by atoms with Gasteiger partial charge in [0.25, 0.3) is 0 Å². The van der Waals surface area contributed by atoms with E-state index in [1.165, 1.54) is 7.11 Å². The number of ether oxygens (including phenoxy) is 2. The molecule has 4 nitrogen and oxygen atoms in total. The number of aldehydes is 1. The highest BCUT2D eigenvalue weighted by molar-refractivity contribution is 5.76. The zero-order valence-corrected chi connectivity index (χ0v) is 8.77. The van der Waals surface area contributed by atoms with E-state index in [1.54, 1.807) is 25.1 Å². The first-order chi connectivity index (χ1) is 7.21. The average molecular weight is 210 g/mol. The third kappa shape index (κ3) is 2.95. The molecule has 0 bridgehead atoms. The molecule has 1 atom stereocenters. The lowest BCUT2D eigenvalue weighted by atomic mass is 10.2. The van der Waals surface area contributed by atoms with Crippen LogP contribution in [0.5, 0.6) is 11.5 Å². The molecule has 0 aliphatic heterocycles. The van der Waals surface area contributed by atoms with Gasteiger partial charge >= 0.3 is 0 Å². The quantitative estimate of drug-likeness (QED) is 0.592. The highest BCUT2D eigenvalue weighted by atomic mass is 16.6. The van der Waals surface area contributed by atoms with E-state index in [2.05, 4.69) is 0 Å². The Kier molecular flexibility index (Phi) is 4.12. The van der Waals surface area contributed by atoms with Crippen molar-refractivity contribution in [2.75, 3.05) is 7.11 Å². The lowest BCUT2D eigenvalue weighted by Gasteiger charge is -2.14. The molecule has 1 aromatic rings. The van der Waals surface area contributed by atoms with E-state index in [0.717, 1.165) is 6.29 Å². The first-order valence-electron chi connectivity index (χ1n) is 4.69. The Labute approximate surface area is 88.4 Å². The molecule has 0 amide bonds. The van der Waals surface area contributed by atoms with Crippen LogP contribution in [0.2, 0.25) is 0 Å². The van der Waals surface area contributed by atoms with Crippen molar-refractivity contribution in [2.45, 2.75) is 19.6 Å². The van der Waals surface area contributed by atoms with Gasteiger partial charge < -0.3 is 14.6 Å². The van der Waals surface area contributed by atoms with Gasteiger partial charge in [-0.05, 0) is 18.2 Å². The lowest BCUT2D eigenvalue weighted by molar-refractivity contribution is -0.0206. The topological polar surface area (TPSA) is 55.8 Å². The number of rotatable bonds is 5. The van der Waals surface area contributed by atoms with Crippen LogP contribution >= 0.6 is 0 Å². The van der Waals surface area contributed by atoms with Gasteiger partial charge in [-0.3, -0.25) is 4.79 Å². The Morgan fingerprint density at radius 3 is 2.73 bits per heavy atom. The molecule has 0 aliphatic rings. The van der Waals surface area contributed by atoms with E-state index in [-0.39, 0.29) is 0 Å². The molecule has 0 aromatic heterocycles. The second-order valence-corrected chi connectivity index (χ2v) is 3.01. The first-order valence-corrected chi connectivity index (χ1v) is 4.69. The summed E-state index contributed by atoms with van der Waals surface area (Å²) in [6.45, 7) is 1.80. The average Bonchev–Trinajstić information content (AvgIpc) is 2.29. The maximum Gasteiger partial charge on any atom is 0.197 e. The SMILES string of the molecule is CCC(O)Oc1ccc(C=O)cc1OC. The van der Waals surface area contributed by atoms with Crippen LogP contribution in [-0.4, -0.2) is 24.8 Å². The molecule has 0 heterocycles. The zero-order valence-electron chi connectivity index (χ0n) is 8.77. The molecule has 1 aromatic carbocycles. The number of carbonyl (C=O) groups is 1. The van der Waals surface area contributed by atoms with Crippen LogP contribution < -0.4 is 9.47 Å². The monoisotopic (exact) mass is 210 g/mol. The molecule has 1 unspecified atom stereocenters. The third-order valence-corrected chi connectivity index (χ3v) is 1.94. The summed E-state index contributed by atoms with van der Waals surface area (Å²) < 4.78 is 10.2. The Bertz CT molecular complexity index is 335. The smallest absolute Gasteiger partial charge is 0.197 e. The van der Waals surface area contributed by atoms with Crippen LogP contribution in [0.1, 0.15) is 23.7 Å². The minimum Gasteiger partial charge on any atom is -0.493 e. The second kappa shape index (κ2) is 5.36. The van der Waals surface area contributed by atoms with Gasteiger partial charge in [-0.1, -0.05) is 6.92 Å². The molecule has 1 N–H and O–H groups in total. The van der Waals surface area contributed by atoms with Gasteiger partial charge in [0.15, 0.2) is 17.8 Å². The molecule has 0 saturated heterocycles. The predicted molar refractivity (Wildman–Crippen MR) is 55.3 cm³/mol. The number of aliphatic hydroxyl groups excluding tert-OH is 1. The maximum atomic E-state index is 10.5. The van der Waals surface area contributed by atoms with Crippen molar-refractivity contribution in [2.24, 2.45) is 0 Å². The molecule has 0 fully saturated rings. The lowest BCUT2D eigenvalue weighted by Crippen LogP contribution is -2.14. The molecule has 0 radical (unpaired) electrons. The summed E-state index contributed by atoms with van der Waals surface area (Å²) in [5.74, 6) is 0.865. The molecular weight excluding hydrogens is 196 g/mol. The summed E-state index contributed by atoms with van der Waals surface area (Å²) in [6.07, 6.45) is 0.349. The number of benzene rings is 1. The van der Waals surface area contributed by atoms with E-state index in [4.69, 9.17) is 9.47 Å². The van der Waals surface area contributed by atoms with E-state index in [0.29, 0.717) is 23.5 Å². The Morgan fingerprint density at radius 2 is 2.20 bits per heavy atom. The second-order valence-electron chi connectivity index (χ2n) is 3.01. The molecule has 4 heteroatoms. The normalized spacial score (nSPS) is 11.9. The molecule has 82 valence electrons. The Morgan fingerprint density at radius 1 is 1.47 bits per heavy atom. The van der Waals surface area contributed by atoms with Crippen LogP contribution in [0.25, 0.3) is 0 Å². The van der Waals surface area contributed by atoms with Gasteiger partial charge in [0.2, 0.25) is 0 Å². The minimum absolute atomic E-state index is 0.428. The first kappa shape index (κ1) is 11.5. The maximum absolute atomic E-state index is 10.5. The van der Waals surface area contributed by atoms with E-state index in [1.807, 2.05) is 0 Å². The van der Waals surface area contributed by atoms with Crippen molar-refractivity contribution in [3.05, 3.63) is 23.8 Å². The molecular formula is C11H14O4. The van der Waals surface area contributed by atoms with Gasteiger partial charge in [-0.2, -0.15) is 0 Å². The number of hydrogen-bond donors (Lipinski definition) is 1. The largest absolute Gasteiger partial charge is 0.493 e. The minimum atomic E-state index is -0.860. The standard InChI is InChI=1S/C11H14O4/c1-3-11(13)15-9-5-4-8(7-12)6-10(9)14-2/h4-7,11,13H,3H2,1-2H3. The fraction of sp³-hybridized carbons (Fsp3) is 0.364. The Balaban J connectivity index is 2.92. The number of hydrogen-bond acceptors (Lipinski definition) is 4. The van der Waals surface area contributed by atoms with Crippen LogP contribution in [0.15, 0.2) is 18.2 Å². The third-order valence-electron chi connectivity index (χ3n) is 1.94.